The van der Waals surface area contributed by atoms with Gasteiger partial charge < -0.3 is 9.84 Å². The van der Waals surface area contributed by atoms with Crippen molar-refractivity contribution < 1.29 is 14.6 Å². The molecule has 0 saturated heterocycles. The molecule has 0 unspecified atom stereocenters. The smallest absolute Gasteiger partial charge is 0.262 e. The highest BCUT2D eigenvalue weighted by atomic mass is 32.2. The molecule has 0 radical (unpaired) electrons. The van der Waals surface area contributed by atoms with E-state index >= 15 is 0 Å². The van der Waals surface area contributed by atoms with E-state index in [0.717, 1.165) is 6.42 Å². The van der Waals surface area contributed by atoms with Crippen molar-refractivity contribution in [2.45, 2.75) is 38.1 Å². The molecule has 1 heterocycles. The van der Waals surface area contributed by atoms with Crippen LogP contribution in [0.3, 0.4) is 0 Å². The summed E-state index contributed by atoms with van der Waals surface area (Å²) in [5.74, 6) is 0.831. The van der Waals surface area contributed by atoms with Gasteiger partial charge in [-0.3, -0.25) is 14.2 Å². The van der Waals surface area contributed by atoms with Crippen LogP contribution in [0.5, 0.6) is 5.75 Å². The van der Waals surface area contributed by atoms with E-state index in [0.29, 0.717) is 39.7 Å². The van der Waals surface area contributed by atoms with E-state index in [2.05, 4.69) is 4.98 Å². The van der Waals surface area contributed by atoms with Crippen LogP contribution in [0.2, 0.25) is 0 Å². The van der Waals surface area contributed by atoms with Gasteiger partial charge in [0.25, 0.3) is 5.56 Å². The number of aliphatic hydroxyl groups excluding tert-OH is 1. The van der Waals surface area contributed by atoms with Crippen molar-refractivity contribution in [1.82, 2.24) is 9.55 Å². The van der Waals surface area contributed by atoms with Crippen LogP contribution in [0.25, 0.3) is 10.9 Å². The minimum absolute atomic E-state index is 0.0390. The maximum absolute atomic E-state index is 12.8. The summed E-state index contributed by atoms with van der Waals surface area (Å²) in [5, 5.41) is 11.5. The summed E-state index contributed by atoms with van der Waals surface area (Å²) in [5.41, 5.74) is 1.15. The van der Waals surface area contributed by atoms with Gasteiger partial charge in [-0.1, -0.05) is 43.0 Å². The predicted molar refractivity (Wildman–Crippen MR) is 115 cm³/mol. The molecular weight excluding hydrogens is 388 g/mol. The maximum Gasteiger partial charge on any atom is 0.262 e. The second kappa shape index (κ2) is 9.71. The first-order valence-electron chi connectivity index (χ1n) is 9.54. The second-order valence-electron chi connectivity index (χ2n) is 6.73. The largest absolute Gasteiger partial charge is 0.491 e. The van der Waals surface area contributed by atoms with Crippen LogP contribution in [0.4, 0.5) is 0 Å². The third kappa shape index (κ3) is 5.25. The molecule has 6 nitrogen and oxygen atoms in total. The molecule has 0 aliphatic rings. The van der Waals surface area contributed by atoms with Crippen molar-refractivity contribution in [3.63, 3.8) is 0 Å². The Morgan fingerprint density at radius 2 is 2.03 bits per heavy atom. The van der Waals surface area contributed by atoms with Crippen molar-refractivity contribution in [3.05, 3.63) is 64.4 Å². The summed E-state index contributed by atoms with van der Waals surface area (Å²) in [6.07, 6.45) is 0.0606. The van der Waals surface area contributed by atoms with Crippen LogP contribution in [0.15, 0.2) is 58.5 Å². The highest BCUT2D eigenvalue weighted by molar-refractivity contribution is 7.99. The van der Waals surface area contributed by atoms with Gasteiger partial charge in [0, 0.05) is 17.9 Å². The quantitative estimate of drug-likeness (QED) is 0.329. The lowest BCUT2D eigenvalue weighted by Gasteiger charge is -2.15. The topological polar surface area (TPSA) is 81.4 Å². The lowest BCUT2D eigenvalue weighted by atomic mass is 10.1. The summed E-state index contributed by atoms with van der Waals surface area (Å²) in [6.45, 7) is 4.16. The Balaban J connectivity index is 1.68. The van der Waals surface area contributed by atoms with Gasteiger partial charge in [-0.15, -0.1) is 0 Å². The number of fused-ring (bicyclic) bond motifs is 1. The maximum atomic E-state index is 12.8. The second-order valence-corrected chi connectivity index (χ2v) is 7.72. The molecule has 0 saturated carbocycles. The molecule has 0 spiro atoms. The number of benzene rings is 2. The van der Waals surface area contributed by atoms with Gasteiger partial charge in [0.05, 0.1) is 17.0 Å². The molecule has 0 aliphatic heterocycles. The first kappa shape index (κ1) is 21.1. The van der Waals surface area contributed by atoms with E-state index in [9.17, 15) is 14.7 Å². The lowest BCUT2D eigenvalue weighted by molar-refractivity contribution is 0.101. The van der Waals surface area contributed by atoms with E-state index in [1.807, 2.05) is 25.1 Å². The number of hydrogen-bond donors (Lipinski definition) is 1. The van der Waals surface area contributed by atoms with Gasteiger partial charge in [-0.05, 0) is 37.6 Å². The predicted octanol–water partition coefficient (Wildman–Crippen LogP) is 3.54. The average Bonchev–Trinajstić information content (AvgIpc) is 2.73. The van der Waals surface area contributed by atoms with Crippen LogP contribution in [-0.4, -0.2) is 38.9 Å². The summed E-state index contributed by atoms with van der Waals surface area (Å²) >= 11 is 1.34. The standard InChI is InChI=1S/C22H24N2O4S/c1-3-11-24-21(27)19-9-4-5-10-20(19)23-22(24)29-14-17(26)13-28-18-8-6-7-16(12-18)15(2)25/h4-10,12,17,26H,3,11,13-14H2,1-2H3/t17-/m0/s1. The number of para-hydroxylation sites is 1. The first-order valence-corrected chi connectivity index (χ1v) is 10.5. The third-order valence-corrected chi connectivity index (χ3v) is 5.48. The Bertz CT molecular complexity index is 1060. The fourth-order valence-corrected chi connectivity index (χ4v) is 3.83. The summed E-state index contributed by atoms with van der Waals surface area (Å²) < 4.78 is 7.28. The number of carbonyl (C=O) groups is 1. The molecule has 29 heavy (non-hydrogen) atoms. The molecule has 2 aromatic carbocycles. The molecule has 0 amide bonds. The van der Waals surface area contributed by atoms with Gasteiger partial charge in [0.1, 0.15) is 12.4 Å². The molecule has 3 rings (SSSR count). The Labute approximate surface area is 173 Å². The normalized spacial score (nSPS) is 12.1. The zero-order chi connectivity index (χ0) is 20.8. The Morgan fingerprint density at radius 3 is 2.79 bits per heavy atom. The van der Waals surface area contributed by atoms with E-state index in [1.165, 1.54) is 18.7 Å². The number of Topliss-reactive ketones (excluding diaryl/α,β-unsaturated/α-hetero) is 1. The van der Waals surface area contributed by atoms with Crippen LogP contribution >= 0.6 is 11.8 Å². The minimum atomic E-state index is -0.751. The summed E-state index contributed by atoms with van der Waals surface area (Å²) in [6, 6.07) is 14.2. The van der Waals surface area contributed by atoms with Gasteiger partial charge >= 0.3 is 0 Å². The fraction of sp³-hybridized carbons (Fsp3) is 0.318. The zero-order valence-electron chi connectivity index (χ0n) is 16.5. The van der Waals surface area contributed by atoms with Crippen LogP contribution in [0, 0.1) is 0 Å². The number of ketones is 1. The third-order valence-electron chi connectivity index (χ3n) is 4.36. The van der Waals surface area contributed by atoms with Crippen LogP contribution in [-0.2, 0) is 6.54 Å². The number of ether oxygens (including phenoxy) is 1. The SMILES string of the molecule is CCCn1c(SC[C@@H](O)COc2cccc(C(C)=O)c2)nc2ccccc2c1=O. The number of thioether (sulfide) groups is 1. The monoisotopic (exact) mass is 412 g/mol. The molecule has 0 aliphatic carbocycles. The highest BCUT2D eigenvalue weighted by Crippen LogP contribution is 2.20. The Hall–Kier alpha value is -2.64. The average molecular weight is 413 g/mol. The van der Waals surface area contributed by atoms with Gasteiger partial charge in [0.2, 0.25) is 0 Å². The van der Waals surface area contributed by atoms with Gasteiger partial charge in [-0.2, -0.15) is 0 Å². The van der Waals surface area contributed by atoms with Gasteiger partial charge in [0.15, 0.2) is 10.9 Å². The number of hydrogen-bond acceptors (Lipinski definition) is 6. The molecule has 7 heteroatoms. The van der Waals surface area contributed by atoms with E-state index in [4.69, 9.17) is 4.74 Å². The molecule has 0 bridgehead atoms. The molecule has 1 atom stereocenters. The molecular formula is C22H24N2O4S. The Kier molecular flexibility index (Phi) is 7.06. The van der Waals surface area contributed by atoms with Crippen LogP contribution in [0.1, 0.15) is 30.6 Å². The molecule has 0 fully saturated rings. The van der Waals surface area contributed by atoms with Crippen molar-refractivity contribution in [3.8, 4) is 5.75 Å². The first-order chi connectivity index (χ1) is 14.0. The fourth-order valence-electron chi connectivity index (χ4n) is 2.89. The Morgan fingerprint density at radius 1 is 1.24 bits per heavy atom. The lowest BCUT2D eigenvalue weighted by Crippen LogP contribution is -2.25. The molecule has 1 aromatic heterocycles. The van der Waals surface area contributed by atoms with Crippen molar-refractivity contribution in [1.29, 1.82) is 0 Å². The number of aromatic nitrogens is 2. The van der Waals surface area contributed by atoms with E-state index in [1.54, 1.807) is 34.9 Å². The summed E-state index contributed by atoms with van der Waals surface area (Å²) in [4.78, 5) is 28.8. The van der Waals surface area contributed by atoms with Gasteiger partial charge in [-0.25, -0.2) is 4.98 Å². The number of carbonyl (C=O) groups excluding carboxylic acids is 1. The minimum Gasteiger partial charge on any atom is -0.491 e. The van der Waals surface area contributed by atoms with E-state index < -0.39 is 6.10 Å². The molecule has 3 aromatic rings. The summed E-state index contributed by atoms with van der Waals surface area (Å²) in [7, 11) is 0. The highest BCUT2D eigenvalue weighted by Gasteiger charge is 2.14. The van der Waals surface area contributed by atoms with E-state index in [-0.39, 0.29) is 17.9 Å². The number of aliphatic hydroxyl groups is 1. The van der Waals surface area contributed by atoms with Crippen molar-refractivity contribution in [2.75, 3.05) is 12.4 Å². The van der Waals surface area contributed by atoms with Crippen LogP contribution < -0.4 is 10.3 Å². The molecule has 152 valence electrons. The number of nitrogens with zero attached hydrogens (tertiary/aromatic N) is 2. The molecule has 1 N–H and O–H groups in total. The number of rotatable bonds is 9. The van der Waals surface area contributed by atoms with Crippen molar-refractivity contribution in [2.24, 2.45) is 0 Å². The van der Waals surface area contributed by atoms with Crippen molar-refractivity contribution >= 4 is 28.4 Å². The zero-order valence-corrected chi connectivity index (χ0v) is 17.3.